The first-order chi connectivity index (χ1) is 6.35. The van der Waals surface area contributed by atoms with Crippen molar-refractivity contribution in [1.29, 1.82) is 5.26 Å². The lowest BCUT2D eigenvalue weighted by Gasteiger charge is -2.19. The first-order valence-corrected chi connectivity index (χ1v) is 4.54. The van der Waals surface area contributed by atoms with Gasteiger partial charge in [0.05, 0.1) is 12.7 Å². The average molecular weight is 182 g/mol. The number of methoxy groups -OCH3 is 1. The maximum atomic E-state index is 8.44. The highest BCUT2D eigenvalue weighted by Crippen LogP contribution is 1.94. The second-order valence-electron chi connectivity index (χ2n) is 2.82. The molecule has 0 radical (unpaired) electrons. The van der Waals surface area contributed by atoms with Gasteiger partial charge in [-0.25, -0.2) is 0 Å². The van der Waals surface area contributed by atoms with Crippen molar-refractivity contribution in [2.24, 2.45) is 0 Å². The molecular weight excluding hydrogens is 164 g/mol. The largest absolute Gasteiger partial charge is 0.383 e. The van der Waals surface area contributed by atoms with Crippen LogP contribution in [0.25, 0.3) is 0 Å². The zero-order chi connectivity index (χ0) is 9.94. The summed E-state index contributed by atoms with van der Waals surface area (Å²) in [5, 5.41) is 8.44. The fraction of sp³-hybridized carbons (Fsp3) is 0.700. The van der Waals surface area contributed by atoms with Gasteiger partial charge < -0.3 is 4.74 Å². The first-order valence-electron chi connectivity index (χ1n) is 4.54. The van der Waals surface area contributed by atoms with E-state index in [1.54, 1.807) is 7.11 Å². The first kappa shape index (κ1) is 12.2. The third kappa shape index (κ3) is 7.51. The molecule has 0 N–H and O–H groups in total. The second-order valence-corrected chi connectivity index (χ2v) is 2.82. The molecule has 0 saturated carbocycles. The monoisotopic (exact) mass is 182 g/mol. The third-order valence-electron chi connectivity index (χ3n) is 1.80. The number of nitriles is 1. The lowest BCUT2D eigenvalue weighted by molar-refractivity contribution is 0.150. The Balaban J connectivity index is 3.60. The Labute approximate surface area is 80.6 Å². The van der Waals surface area contributed by atoms with Crippen molar-refractivity contribution in [3.8, 4) is 6.07 Å². The van der Waals surface area contributed by atoms with Crippen LogP contribution in [0.1, 0.15) is 12.8 Å². The van der Waals surface area contributed by atoms with Crippen LogP contribution in [0.4, 0.5) is 0 Å². The van der Waals surface area contributed by atoms with Gasteiger partial charge in [-0.15, -0.1) is 6.58 Å². The van der Waals surface area contributed by atoms with Gasteiger partial charge in [0.25, 0.3) is 0 Å². The minimum absolute atomic E-state index is 0.584. The van der Waals surface area contributed by atoms with Crippen molar-refractivity contribution in [1.82, 2.24) is 4.90 Å². The Morgan fingerprint density at radius 3 is 2.77 bits per heavy atom. The number of ether oxygens (including phenoxy) is 1. The molecule has 0 aromatic heterocycles. The molecule has 74 valence electrons. The molecule has 3 nitrogen and oxygen atoms in total. The van der Waals surface area contributed by atoms with Crippen molar-refractivity contribution in [3.63, 3.8) is 0 Å². The van der Waals surface area contributed by atoms with Gasteiger partial charge in [-0.05, 0) is 6.42 Å². The summed E-state index contributed by atoms with van der Waals surface area (Å²) in [4.78, 5) is 2.22. The van der Waals surface area contributed by atoms with Crippen molar-refractivity contribution in [3.05, 3.63) is 12.7 Å². The van der Waals surface area contributed by atoms with Crippen LogP contribution >= 0.6 is 0 Å². The Bertz CT molecular complexity index is 163. The van der Waals surface area contributed by atoms with E-state index in [4.69, 9.17) is 10.00 Å². The van der Waals surface area contributed by atoms with E-state index in [0.717, 1.165) is 32.7 Å². The molecule has 0 amide bonds. The van der Waals surface area contributed by atoms with Crippen LogP contribution in [-0.2, 0) is 4.74 Å². The molecule has 3 heteroatoms. The molecule has 0 rings (SSSR count). The molecule has 0 bridgehead atoms. The number of rotatable bonds is 8. The summed E-state index contributed by atoms with van der Waals surface area (Å²) in [6.07, 6.45) is 3.45. The van der Waals surface area contributed by atoms with Crippen LogP contribution in [0.15, 0.2) is 12.7 Å². The highest BCUT2D eigenvalue weighted by atomic mass is 16.5. The van der Waals surface area contributed by atoms with Gasteiger partial charge in [0.15, 0.2) is 0 Å². The molecule has 13 heavy (non-hydrogen) atoms. The van der Waals surface area contributed by atoms with Crippen LogP contribution < -0.4 is 0 Å². The normalized spacial score (nSPS) is 9.92. The second kappa shape index (κ2) is 9.24. The number of hydrogen-bond acceptors (Lipinski definition) is 3. The van der Waals surface area contributed by atoms with E-state index in [1.165, 1.54) is 0 Å². The molecule has 0 spiro atoms. The number of hydrogen-bond donors (Lipinski definition) is 0. The van der Waals surface area contributed by atoms with E-state index < -0.39 is 0 Å². The van der Waals surface area contributed by atoms with E-state index in [-0.39, 0.29) is 0 Å². The summed E-state index contributed by atoms with van der Waals surface area (Å²) in [7, 11) is 1.69. The predicted molar refractivity (Wildman–Crippen MR) is 53.4 cm³/mol. The molecule has 0 unspecified atom stereocenters. The minimum atomic E-state index is 0.584. The molecular formula is C10H18N2O. The molecule has 0 heterocycles. The van der Waals surface area contributed by atoms with Crippen LogP contribution in [0.5, 0.6) is 0 Å². The molecule has 0 aliphatic rings. The van der Waals surface area contributed by atoms with E-state index >= 15 is 0 Å². The molecule has 0 aromatic rings. The SMILES string of the molecule is C=CCCN(CCC#N)CCOC. The van der Waals surface area contributed by atoms with Crippen LogP contribution in [0.2, 0.25) is 0 Å². The fourth-order valence-corrected chi connectivity index (χ4v) is 1.04. The Hall–Kier alpha value is -0.850. The topological polar surface area (TPSA) is 36.3 Å². The molecule has 0 aliphatic heterocycles. The van der Waals surface area contributed by atoms with Gasteiger partial charge in [-0.2, -0.15) is 5.26 Å². The smallest absolute Gasteiger partial charge is 0.0635 e. The Morgan fingerprint density at radius 2 is 2.23 bits per heavy atom. The standard InChI is InChI=1S/C10H18N2O/c1-3-4-7-12(8-5-6-11)9-10-13-2/h3H,1,4-5,7-10H2,2H3. The molecule has 0 saturated heterocycles. The molecule has 0 aromatic carbocycles. The van der Waals surface area contributed by atoms with E-state index in [9.17, 15) is 0 Å². The Kier molecular flexibility index (Phi) is 8.64. The van der Waals surface area contributed by atoms with Crippen LogP contribution in [0.3, 0.4) is 0 Å². The zero-order valence-corrected chi connectivity index (χ0v) is 8.33. The quantitative estimate of drug-likeness (QED) is 0.533. The van der Waals surface area contributed by atoms with Crippen molar-refractivity contribution < 1.29 is 4.74 Å². The van der Waals surface area contributed by atoms with Gasteiger partial charge >= 0.3 is 0 Å². The maximum Gasteiger partial charge on any atom is 0.0635 e. The summed E-state index contributed by atoms with van der Waals surface area (Å²) in [6.45, 7) is 7.08. The van der Waals surface area contributed by atoms with Crippen LogP contribution in [0, 0.1) is 11.3 Å². The average Bonchev–Trinajstić information content (AvgIpc) is 2.17. The highest BCUT2D eigenvalue weighted by Gasteiger charge is 2.01. The summed E-state index contributed by atoms with van der Waals surface area (Å²) in [5.41, 5.74) is 0. The summed E-state index contributed by atoms with van der Waals surface area (Å²) >= 11 is 0. The van der Waals surface area contributed by atoms with Gasteiger partial charge in [0.2, 0.25) is 0 Å². The molecule has 0 aliphatic carbocycles. The fourth-order valence-electron chi connectivity index (χ4n) is 1.04. The van der Waals surface area contributed by atoms with Crippen LogP contribution in [-0.4, -0.2) is 38.3 Å². The summed E-state index contributed by atoms with van der Waals surface area (Å²) in [5.74, 6) is 0. The van der Waals surface area contributed by atoms with Gasteiger partial charge in [-0.3, -0.25) is 4.90 Å². The Morgan fingerprint density at radius 1 is 1.46 bits per heavy atom. The third-order valence-corrected chi connectivity index (χ3v) is 1.80. The van der Waals surface area contributed by atoms with Crippen molar-refractivity contribution in [2.45, 2.75) is 12.8 Å². The van der Waals surface area contributed by atoms with Crippen molar-refractivity contribution in [2.75, 3.05) is 33.4 Å². The van der Waals surface area contributed by atoms with Crippen molar-refractivity contribution >= 4 is 0 Å². The van der Waals surface area contributed by atoms with E-state index in [0.29, 0.717) is 6.42 Å². The lowest BCUT2D eigenvalue weighted by Crippen LogP contribution is -2.29. The van der Waals surface area contributed by atoms with Gasteiger partial charge in [0, 0.05) is 33.2 Å². The van der Waals surface area contributed by atoms with Gasteiger partial charge in [0.1, 0.15) is 0 Å². The number of nitrogens with zero attached hydrogens (tertiary/aromatic N) is 2. The van der Waals surface area contributed by atoms with E-state index in [1.807, 2.05) is 6.08 Å². The predicted octanol–water partition coefficient (Wildman–Crippen LogP) is 1.42. The van der Waals surface area contributed by atoms with E-state index in [2.05, 4.69) is 17.5 Å². The minimum Gasteiger partial charge on any atom is -0.383 e. The summed E-state index contributed by atoms with van der Waals surface area (Å²) in [6, 6.07) is 2.14. The maximum absolute atomic E-state index is 8.44. The summed E-state index contributed by atoms with van der Waals surface area (Å²) < 4.78 is 4.98. The molecule has 0 fully saturated rings. The zero-order valence-electron chi connectivity index (χ0n) is 8.33. The molecule has 0 atom stereocenters. The highest BCUT2D eigenvalue weighted by molar-refractivity contribution is 4.75. The lowest BCUT2D eigenvalue weighted by atomic mass is 10.3. The van der Waals surface area contributed by atoms with Gasteiger partial charge in [-0.1, -0.05) is 6.08 Å².